The summed E-state index contributed by atoms with van der Waals surface area (Å²) in [7, 11) is 0. The molecule has 8 heteroatoms. The fourth-order valence-electron chi connectivity index (χ4n) is 1.62. The largest absolute Gasteiger partial charge is 0.481 e. The zero-order valence-electron chi connectivity index (χ0n) is 10.8. The van der Waals surface area contributed by atoms with E-state index in [1.807, 2.05) is 0 Å². The van der Waals surface area contributed by atoms with Gasteiger partial charge in [-0.25, -0.2) is 9.07 Å². The highest BCUT2D eigenvalue weighted by Gasteiger charge is 2.30. The summed E-state index contributed by atoms with van der Waals surface area (Å²) < 4.78 is 15.1. The summed E-state index contributed by atoms with van der Waals surface area (Å²) >= 11 is 5.69. The number of carboxylic acids is 1. The van der Waals surface area contributed by atoms with Crippen LogP contribution in [0.4, 0.5) is 4.39 Å². The van der Waals surface area contributed by atoms with E-state index in [-0.39, 0.29) is 23.0 Å². The Kier molecular flexibility index (Phi) is 3.71. The summed E-state index contributed by atoms with van der Waals surface area (Å²) in [4.78, 5) is 11.1. The van der Waals surface area contributed by atoms with Gasteiger partial charge in [0.15, 0.2) is 5.82 Å². The lowest BCUT2D eigenvalue weighted by Crippen LogP contribution is -2.30. The number of carbonyl (C=O) groups is 1. The lowest BCUT2D eigenvalue weighted by molar-refractivity contribution is -0.147. The van der Waals surface area contributed by atoms with Gasteiger partial charge in [-0.1, -0.05) is 11.6 Å². The highest BCUT2D eigenvalue weighted by Crippen LogP contribution is 2.25. The van der Waals surface area contributed by atoms with Crippen LogP contribution in [-0.2, 0) is 11.3 Å². The fraction of sp³-hybridized carbons (Fsp3) is 0.333. The summed E-state index contributed by atoms with van der Waals surface area (Å²) in [6.07, 6.45) is 0. The molecule has 0 fully saturated rings. The standard InChI is InChI=1S/C12H12ClFN4O2/c1-12(2,11(19)20)6-18-10(15-16-17-18)8-4-3-7(13)5-9(8)14/h3-5H,6H2,1-2H3,(H,19,20). The predicted molar refractivity (Wildman–Crippen MR) is 69.6 cm³/mol. The number of aliphatic carboxylic acids is 1. The molecule has 0 aliphatic rings. The van der Waals surface area contributed by atoms with Gasteiger partial charge in [0.25, 0.3) is 0 Å². The SMILES string of the molecule is CC(C)(Cn1nnnc1-c1ccc(Cl)cc1F)C(=O)O. The molecule has 0 atom stereocenters. The molecule has 6 nitrogen and oxygen atoms in total. The average molecular weight is 299 g/mol. The molecule has 2 rings (SSSR count). The van der Waals surface area contributed by atoms with Crippen molar-refractivity contribution >= 4 is 17.6 Å². The second-order valence-electron chi connectivity index (χ2n) is 4.97. The van der Waals surface area contributed by atoms with Gasteiger partial charge in [-0.2, -0.15) is 0 Å². The maximum atomic E-state index is 13.9. The molecule has 0 spiro atoms. The molecule has 106 valence electrons. The van der Waals surface area contributed by atoms with Crippen LogP contribution < -0.4 is 0 Å². The molecule has 0 saturated carbocycles. The molecular formula is C12H12ClFN4O2. The van der Waals surface area contributed by atoms with Crippen molar-refractivity contribution in [2.75, 3.05) is 0 Å². The van der Waals surface area contributed by atoms with Crippen molar-refractivity contribution in [3.63, 3.8) is 0 Å². The van der Waals surface area contributed by atoms with E-state index in [1.54, 1.807) is 13.8 Å². The Labute approximate surface area is 119 Å². The van der Waals surface area contributed by atoms with Gasteiger partial charge in [-0.3, -0.25) is 4.79 Å². The average Bonchev–Trinajstić information content (AvgIpc) is 2.76. The second-order valence-corrected chi connectivity index (χ2v) is 5.41. The first-order valence-corrected chi connectivity index (χ1v) is 6.14. The van der Waals surface area contributed by atoms with E-state index in [1.165, 1.54) is 16.8 Å². The number of nitrogens with zero attached hydrogens (tertiary/aromatic N) is 4. The van der Waals surface area contributed by atoms with Gasteiger partial charge in [0.05, 0.1) is 17.5 Å². The number of tetrazole rings is 1. The topological polar surface area (TPSA) is 80.9 Å². The third-order valence-electron chi connectivity index (χ3n) is 2.83. The summed E-state index contributed by atoms with van der Waals surface area (Å²) in [6, 6.07) is 4.12. The van der Waals surface area contributed by atoms with Crippen LogP contribution in [0.5, 0.6) is 0 Å². The molecule has 2 aromatic rings. The number of halogens is 2. The Hall–Kier alpha value is -2.02. The molecule has 0 amide bonds. The van der Waals surface area contributed by atoms with Crippen molar-refractivity contribution in [1.29, 1.82) is 0 Å². The highest BCUT2D eigenvalue weighted by atomic mass is 35.5. The van der Waals surface area contributed by atoms with Crippen LogP contribution in [0.15, 0.2) is 18.2 Å². The predicted octanol–water partition coefficient (Wildman–Crippen LogP) is 2.24. The van der Waals surface area contributed by atoms with Crippen LogP contribution in [0.1, 0.15) is 13.8 Å². The monoisotopic (exact) mass is 298 g/mol. The molecule has 1 N–H and O–H groups in total. The lowest BCUT2D eigenvalue weighted by atomic mass is 9.94. The zero-order valence-corrected chi connectivity index (χ0v) is 11.6. The van der Waals surface area contributed by atoms with Gasteiger partial charge in [-0.05, 0) is 42.5 Å². The van der Waals surface area contributed by atoms with Crippen LogP contribution >= 0.6 is 11.6 Å². The van der Waals surface area contributed by atoms with Gasteiger partial charge in [0, 0.05) is 5.02 Å². The first kappa shape index (κ1) is 14.4. The Morgan fingerprint density at radius 3 is 2.80 bits per heavy atom. The van der Waals surface area contributed by atoms with Crippen molar-refractivity contribution in [1.82, 2.24) is 20.2 Å². The molecule has 0 bridgehead atoms. The first-order valence-electron chi connectivity index (χ1n) is 5.76. The normalized spacial score (nSPS) is 11.6. The highest BCUT2D eigenvalue weighted by molar-refractivity contribution is 6.30. The van der Waals surface area contributed by atoms with Crippen molar-refractivity contribution in [3.8, 4) is 11.4 Å². The molecule has 1 aromatic heterocycles. The van der Waals surface area contributed by atoms with Crippen LogP contribution in [0.3, 0.4) is 0 Å². The molecule has 20 heavy (non-hydrogen) atoms. The van der Waals surface area contributed by atoms with E-state index < -0.39 is 17.2 Å². The Morgan fingerprint density at radius 2 is 2.20 bits per heavy atom. The number of benzene rings is 1. The molecule has 0 aliphatic carbocycles. The van der Waals surface area contributed by atoms with E-state index in [2.05, 4.69) is 15.5 Å². The van der Waals surface area contributed by atoms with E-state index in [9.17, 15) is 9.18 Å². The maximum Gasteiger partial charge on any atom is 0.310 e. The summed E-state index contributed by atoms with van der Waals surface area (Å²) in [5, 5.41) is 20.3. The molecule has 0 radical (unpaired) electrons. The molecule has 1 heterocycles. The Balaban J connectivity index is 2.41. The molecule has 1 aromatic carbocycles. The molecule has 0 aliphatic heterocycles. The summed E-state index contributed by atoms with van der Waals surface area (Å²) in [5.74, 6) is -1.40. The smallest absolute Gasteiger partial charge is 0.310 e. The number of aromatic nitrogens is 4. The Morgan fingerprint density at radius 1 is 1.50 bits per heavy atom. The van der Waals surface area contributed by atoms with E-state index in [0.717, 1.165) is 6.07 Å². The first-order chi connectivity index (χ1) is 9.31. The van der Waals surface area contributed by atoms with E-state index in [4.69, 9.17) is 16.7 Å². The van der Waals surface area contributed by atoms with Gasteiger partial charge < -0.3 is 5.11 Å². The van der Waals surface area contributed by atoms with Crippen molar-refractivity contribution in [2.45, 2.75) is 20.4 Å². The van der Waals surface area contributed by atoms with Gasteiger partial charge >= 0.3 is 5.97 Å². The maximum absolute atomic E-state index is 13.9. The van der Waals surface area contributed by atoms with Gasteiger partial charge in [0.2, 0.25) is 0 Å². The fourth-order valence-corrected chi connectivity index (χ4v) is 1.78. The number of carboxylic acid groups (broad SMARTS) is 1. The van der Waals surface area contributed by atoms with E-state index >= 15 is 0 Å². The minimum absolute atomic E-state index is 0.0206. The third-order valence-corrected chi connectivity index (χ3v) is 3.06. The zero-order chi connectivity index (χ0) is 14.9. The van der Waals surface area contributed by atoms with E-state index in [0.29, 0.717) is 0 Å². The minimum atomic E-state index is -1.08. The third kappa shape index (κ3) is 2.77. The Bertz CT molecular complexity index is 657. The van der Waals surface area contributed by atoms with Crippen molar-refractivity contribution in [2.24, 2.45) is 5.41 Å². The van der Waals surface area contributed by atoms with Crippen molar-refractivity contribution in [3.05, 3.63) is 29.0 Å². The molecular weight excluding hydrogens is 287 g/mol. The van der Waals surface area contributed by atoms with Crippen LogP contribution in [0, 0.1) is 11.2 Å². The molecule has 0 saturated heterocycles. The second kappa shape index (κ2) is 5.16. The minimum Gasteiger partial charge on any atom is -0.481 e. The van der Waals surface area contributed by atoms with Crippen molar-refractivity contribution < 1.29 is 14.3 Å². The summed E-state index contributed by atoms with van der Waals surface area (Å²) in [5.41, 5.74) is -0.909. The van der Waals surface area contributed by atoms with Gasteiger partial charge in [0.1, 0.15) is 5.82 Å². The number of hydrogen-bond donors (Lipinski definition) is 1. The number of hydrogen-bond acceptors (Lipinski definition) is 4. The van der Waals surface area contributed by atoms with Crippen LogP contribution in [-0.4, -0.2) is 31.3 Å². The van der Waals surface area contributed by atoms with Crippen LogP contribution in [0.25, 0.3) is 11.4 Å². The number of rotatable bonds is 4. The quantitative estimate of drug-likeness (QED) is 0.936. The van der Waals surface area contributed by atoms with Gasteiger partial charge in [-0.15, -0.1) is 5.10 Å². The van der Waals surface area contributed by atoms with Crippen LogP contribution in [0.2, 0.25) is 5.02 Å². The molecule has 0 unspecified atom stereocenters. The lowest BCUT2D eigenvalue weighted by Gasteiger charge is -2.19. The summed E-state index contributed by atoms with van der Waals surface area (Å²) in [6.45, 7) is 3.10.